The van der Waals surface area contributed by atoms with Crippen molar-refractivity contribution >= 4 is 11.6 Å². The molecule has 21 heavy (non-hydrogen) atoms. The number of rotatable bonds is 7. The van der Waals surface area contributed by atoms with Crippen LogP contribution in [-0.4, -0.2) is 12.1 Å². The molecule has 2 atom stereocenters. The molecule has 1 N–H and O–H groups in total. The molecule has 0 aromatic heterocycles. The molecule has 0 bridgehead atoms. The Morgan fingerprint density at radius 2 is 2.10 bits per heavy atom. The highest BCUT2D eigenvalue weighted by Gasteiger charge is 2.36. The van der Waals surface area contributed by atoms with Gasteiger partial charge in [0, 0.05) is 23.0 Å². The minimum Gasteiger partial charge on any atom is -0.487 e. The zero-order chi connectivity index (χ0) is 15.3. The fourth-order valence-electron chi connectivity index (χ4n) is 3.24. The first kappa shape index (κ1) is 16.6. The Hall–Kier alpha value is -0.730. The summed E-state index contributed by atoms with van der Waals surface area (Å²) in [5.41, 5.74) is 1.14. The van der Waals surface area contributed by atoms with Crippen LogP contribution in [0.5, 0.6) is 5.75 Å². The maximum absolute atomic E-state index is 6.33. The molecule has 118 valence electrons. The maximum atomic E-state index is 6.33. The quantitative estimate of drug-likeness (QED) is 0.671. The first-order valence-corrected chi connectivity index (χ1v) is 8.67. The molecule has 1 aliphatic heterocycles. The number of unbranched alkanes of at least 4 members (excludes halogenated alkanes) is 3. The SMILES string of the molecule is CCCCCCC1(C)CC(NCC)c2cc(Cl)ccc2O1. The molecule has 0 aliphatic carbocycles. The molecule has 0 saturated carbocycles. The Morgan fingerprint density at radius 1 is 1.29 bits per heavy atom. The van der Waals surface area contributed by atoms with Gasteiger partial charge in [0.05, 0.1) is 0 Å². The molecular formula is C18H28ClNO. The normalized spacial score (nSPS) is 24.5. The van der Waals surface area contributed by atoms with Crippen LogP contribution in [0.2, 0.25) is 5.02 Å². The minimum atomic E-state index is -0.0680. The van der Waals surface area contributed by atoms with Gasteiger partial charge in [0.15, 0.2) is 0 Å². The van der Waals surface area contributed by atoms with Crippen LogP contribution in [0.1, 0.15) is 70.9 Å². The number of nitrogens with one attached hydrogen (secondary N) is 1. The summed E-state index contributed by atoms with van der Waals surface area (Å²) in [4.78, 5) is 0. The van der Waals surface area contributed by atoms with E-state index in [0.717, 1.165) is 30.2 Å². The molecule has 0 fully saturated rings. The third-order valence-electron chi connectivity index (χ3n) is 4.35. The van der Waals surface area contributed by atoms with Crippen LogP contribution in [0, 0.1) is 0 Å². The van der Waals surface area contributed by atoms with Crippen LogP contribution in [0.25, 0.3) is 0 Å². The van der Waals surface area contributed by atoms with E-state index in [1.807, 2.05) is 18.2 Å². The highest BCUT2D eigenvalue weighted by molar-refractivity contribution is 6.30. The van der Waals surface area contributed by atoms with E-state index < -0.39 is 0 Å². The molecule has 0 spiro atoms. The van der Waals surface area contributed by atoms with E-state index in [4.69, 9.17) is 16.3 Å². The summed E-state index contributed by atoms with van der Waals surface area (Å²) in [7, 11) is 0. The molecule has 3 heteroatoms. The van der Waals surface area contributed by atoms with Gasteiger partial charge in [0.1, 0.15) is 11.4 Å². The fraction of sp³-hybridized carbons (Fsp3) is 0.667. The number of hydrogen-bond donors (Lipinski definition) is 1. The molecule has 0 saturated heterocycles. The summed E-state index contributed by atoms with van der Waals surface area (Å²) < 4.78 is 6.33. The van der Waals surface area contributed by atoms with Gasteiger partial charge in [-0.1, -0.05) is 44.7 Å². The van der Waals surface area contributed by atoms with Crippen LogP contribution in [-0.2, 0) is 0 Å². The van der Waals surface area contributed by atoms with Gasteiger partial charge in [-0.25, -0.2) is 0 Å². The highest BCUT2D eigenvalue weighted by atomic mass is 35.5. The standard InChI is InChI=1S/C18H28ClNO/c1-4-6-7-8-11-18(3)13-16(20-5-2)15-12-14(19)9-10-17(15)21-18/h9-10,12,16,20H,4-8,11,13H2,1-3H3. The summed E-state index contributed by atoms with van der Waals surface area (Å²) in [6, 6.07) is 6.33. The number of hydrogen-bond acceptors (Lipinski definition) is 2. The number of ether oxygens (including phenoxy) is 1. The van der Waals surface area contributed by atoms with Crippen molar-refractivity contribution in [2.24, 2.45) is 0 Å². The third-order valence-corrected chi connectivity index (χ3v) is 4.58. The van der Waals surface area contributed by atoms with Crippen LogP contribution in [0.4, 0.5) is 0 Å². The third kappa shape index (κ3) is 4.37. The van der Waals surface area contributed by atoms with E-state index in [2.05, 4.69) is 26.1 Å². The van der Waals surface area contributed by atoms with E-state index >= 15 is 0 Å². The summed E-state index contributed by atoms with van der Waals surface area (Å²) >= 11 is 6.15. The zero-order valence-corrected chi connectivity index (χ0v) is 14.3. The van der Waals surface area contributed by atoms with Gasteiger partial charge in [0.2, 0.25) is 0 Å². The first-order valence-electron chi connectivity index (χ1n) is 8.30. The minimum absolute atomic E-state index is 0.0680. The van der Waals surface area contributed by atoms with Crippen LogP contribution in [0.15, 0.2) is 18.2 Å². The van der Waals surface area contributed by atoms with Gasteiger partial charge in [-0.05, 0) is 44.5 Å². The Labute approximate surface area is 134 Å². The van der Waals surface area contributed by atoms with Crippen molar-refractivity contribution in [3.8, 4) is 5.75 Å². The van der Waals surface area contributed by atoms with Gasteiger partial charge < -0.3 is 10.1 Å². The van der Waals surface area contributed by atoms with Crippen LogP contribution < -0.4 is 10.1 Å². The Bertz CT molecular complexity index is 463. The molecular weight excluding hydrogens is 282 g/mol. The maximum Gasteiger partial charge on any atom is 0.125 e. The smallest absolute Gasteiger partial charge is 0.125 e. The van der Waals surface area contributed by atoms with Crippen molar-refractivity contribution in [3.05, 3.63) is 28.8 Å². The molecule has 1 aromatic carbocycles. The van der Waals surface area contributed by atoms with E-state index in [-0.39, 0.29) is 5.60 Å². The van der Waals surface area contributed by atoms with Gasteiger partial charge in [-0.15, -0.1) is 0 Å². The van der Waals surface area contributed by atoms with Crippen molar-refractivity contribution < 1.29 is 4.74 Å². The number of halogens is 1. The second-order valence-electron chi connectivity index (χ2n) is 6.36. The highest BCUT2D eigenvalue weighted by Crippen LogP contribution is 2.42. The lowest BCUT2D eigenvalue weighted by molar-refractivity contribution is 0.0375. The predicted molar refractivity (Wildman–Crippen MR) is 90.3 cm³/mol. The average molecular weight is 310 g/mol. The lowest BCUT2D eigenvalue weighted by Crippen LogP contribution is -2.41. The molecule has 1 aliphatic rings. The van der Waals surface area contributed by atoms with Crippen molar-refractivity contribution in [1.82, 2.24) is 5.32 Å². The Balaban J connectivity index is 2.11. The van der Waals surface area contributed by atoms with Crippen molar-refractivity contribution in [2.45, 2.75) is 70.9 Å². The summed E-state index contributed by atoms with van der Waals surface area (Å²) in [6.45, 7) is 7.61. The molecule has 2 nitrogen and oxygen atoms in total. The van der Waals surface area contributed by atoms with Gasteiger partial charge in [-0.2, -0.15) is 0 Å². The van der Waals surface area contributed by atoms with Gasteiger partial charge in [0.25, 0.3) is 0 Å². The number of fused-ring (bicyclic) bond motifs is 1. The molecule has 0 amide bonds. The lowest BCUT2D eigenvalue weighted by Gasteiger charge is -2.40. The van der Waals surface area contributed by atoms with E-state index in [1.165, 1.54) is 31.2 Å². The topological polar surface area (TPSA) is 21.3 Å². The second kappa shape index (κ2) is 7.51. The van der Waals surface area contributed by atoms with E-state index in [9.17, 15) is 0 Å². The van der Waals surface area contributed by atoms with E-state index in [1.54, 1.807) is 0 Å². The second-order valence-corrected chi connectivity index (χ2v) is 6.80. The largest absolute Gasteiger partial charge is 0.487 e. The summed E-state index contributed by atoms with van der Waals surface area (Å²) in [6.07, 6.45) is 7.27. The monoisotopic (exact) mass is 309 g/mol. The zero-order valence-electron chi connectivity index (χ0n) is 13.5. The van der Waals surface area contributed by atoms with E-state index in [0.29, 0.717) is 6.04 Å². The molecule has 0 radical (unpaired) electrons. The van der Waals surface area contributed by atoms with Crippen LogP contribution in [0.3, 0.4) is 0 Å². The summed E-state index contributed by atoms with van der Waals surface area (Å²) in [5, 5.41) is 4.37. The average Bonchev–Trinajstić information content (AvgIpc) is 2.45. The van der Waals surface area contributed by atoms with Crippen molar-refractivity contribution in [2.75, 3.05) is 6.54 Å². The molecule has 1 heterocycles. The van der Waals surface area contributed by atoms with Gasteiger partial charge in [-0.3, -0.25) is 0 Å². The molecule has 2 unspecified atom stereocenters. The Kier molecular flexibility index (Phi) is 5.95. The first-order chi connectivity index (χ1) is 10.1. The number of benzene rings is 1. The van der Waals surface area contributed by atoms with Crippen LogP contribution >= 0.6 is 11.6 Å². The molecule has 1 aromatic rings. The van der Waals surface area contributed by atoms with Crippen molar-refractivity contribution in [1.29, 1.82) is 0 Å². The van der Waals surface area contributed by atoms with Crippen molar-refractivity contribution in [3.63, 3.8) is 0 Å². The lowest BCUT2D eigenvalue weighted by atomic mass is 9.85. The Morgan fingerprint density at radius 3 is 2.81 bits per heavy atom. The molecule has 2 rings (SSSR count). The summed E-state index contributed by atoms with van der Waals surface area (Å²) in [5.74, 6) is 0.995. The predicted octanol–water partition coefficient (Wildman–Crippen LogP) is 5.50. The van der Waals surface area contributed by atoms with Gasteiger partial charge >= 0.3 is 0 Å². The fourth-order valence-corrected chi connectivity index (χ4v) is 3.42.